The van der Waals surface area contributed by atoms with Crippen molar-refractivity contribution in [2.75, 3.05) is 11.9 Å². The van der Waals surface area contributed by atoms with Gasteiger partial charge in [-0.1, -0.05) is 0 Å². The van der Waals surface area contributed by atoms with Gasteiger partial charge in [-0.15, -0.1) is 0 Å². The molecule has 7 heteroatoms. The van der Waals surface area contributed by atoms with Crippen molar-refractivity contribution >= 4 is 11.6 Å². The van der Waals surface area contributed by atoms with Gasteiger partial charge in [0.2, 0.25) is 5.91 Å². The number of aryl methyl sites for hydroxylation is 1. The molecule has 0 atom stereocenters. The van der Waals surface area contributed by atoms with E-state index in [1.165, 1.54) is 0 Å². The predicted molar refractivity (Wildman–Crippen MR) is 73.1 cm³/mol. The van der Waals surface area contributed by atoms with Gasteiger partial charge >= 0.3 is 0 Å². The third-order valence-corrected chi connectivity index (χ3v) is 3.09. The van der Waals surface area contributed by atoms with Gasteiger partial charge in [0.1, 0.15) is 5.75 Å². The van der Waals surface area contributed by atoms with E-state index in [2.05, 4.69) is 15.4 Å². The normalized spacial score (nSPS) is 14.2. The molecule has 1 aromatic heterocycles. The highest BCUT2D eigenvalue weighted by molar-refractivity contribution is 5.93. The number of carbonyl (C=O) groups is 1. The standard InChI is InChI=1S/C13H15N5O2/c1-18-13(16-11(7-14)17-18)8-2-3-10-9(6-8)15-12(19)4-5-20-10/h2-3,6H,4-5,7,14H2,1H3,(H,15,19). The van der Waals surface area contributed by atoms with Crippen molar-refractivity contribution in [2.24, 2.45) is 12.8 Å². The smallest absolute Gasteiger partial charge is 0.227 e. The fraction of sp³-hybridized carbons (Fsp3) is 0.308. The lowest BCUT2D eigenvalue weighted by Gasteiger charge is -2.08. The molecule has 1 aliphatic heterocycles. The van der Waals surface area contributed by atoms with Crippen molar-refractivity contribution in [3.63, 3.8) is 0 Å². The molecule has 0 fully saturated rings. The molecule has 0 radical (unpaired) electrons. The molecule has 0 saturated carbocycles. The number of aromatic nitrogens is 3. The number of fused-ring (bicyclic) bond motifs is 1. The fourth-order valence-electron chi connectivity index (χ4n) is 2.13. The maximum Gasteiger partial charge on any atom is 0.227 e. The van der Waals surface area contributed by atoms with Crippen LogP contribution in [0.25, 0.3) is 11.4 Å². The van der Waals surface area contributed by atoms with E-state index in [1.807, 2.05) is 25.2 Å². The molecule has 104 valence electrons. The Morgan fingerprint density at radius 3 is 3.10 bits per heavy atom. The SMILES string of the molecule is Cn1nc(CN)nc1-c1ccc2c(c1)NC(=O)CCO2. The zero-order valence-electron chi connectivity index (χ0n) is 11.1. The highest BCUT2D eigenvalue weighted by Crippen LogP contribution is 2.31. The highest BCUT2D eigenvalue weighted by Gasteiger charge is 2.16. The van der Waals surface area contributed by atoms with Crippen LogP contribution in [0, 0.1) is 0 Å². The first-order valence-electron chi connectivity index (χ1n) is 6.34. The first-order valence-corrected chi connectivity index (χ1v) is 6.34. The van der Waals surface area contributed by atoms with Crippen LogP contribution >= 0.6 is 0 Å². The van der Waals surface area contributed by atoms with Crippen LogP contribution in [0.3, 0.4) is 0 Å². The third kappa shape index (κ3) is 2.23. The Morgan fingerprint density at radius 1 is 1.50 bits per heavy atom. The van der Waals surface area contributed by atoms with Crippen molar-refractivity contribution in [3.05, 3.63) is 24.0 Å². The van der Waals surface area contributed by atoms with Crippen LogP contribution in [0.15, 0.2) is 18.2 Å². The minimum Gasteiger partial charge on any atom is -0.491 e. The molecule has 0 bridgehead atoms. The topological polar surface area (TPSA) is 95.1 Å². The first-order chi connectivity index (χ1) is 9.67. The summed E-state index contributed by atoms with van der Waals surface area (Å²) >= 11 is 0. The van der Waals surface area contributed by atoms with Gasteiger partial charge in [-0.05, 0) is 18.2 Å². The molecule has 0 spiro atoms. The summed E-state index contributed by atoms with van der Waals surface area (Å²) in [5, 5.41) is 7.04. The monoisotopic (exact) mass is 273 g/mol. The number of carbonyl (C=O) groups excluding carboxylic acids is 1. The molecule has 2 heterocycles. The van der Waals surface area contributed by atoms with E-state index in [-0.39, 0.29) is 5.91 Å². The summed E-state index contributed by atoms with van der Waals surface area (Å²) in [6.45, 7) is 0.679. The summed E-state index contributed by atoms with van der Waals surface area (Å²) in [5.74, 6) is 1.90. The van der Waals surface area contributed by atoms with Crippen molar-refractivity contribution in [2.45, 2.75) is 13.0 Å². The Kier molecular flexibility index (Phi) is 3.11. The zero-order valence-corrected chi connectivity index (χ0v) is 11.1. The van der Waals surface area contributed by atoms with E-state index in [1.54, 1.807) is 4.68 Å². The lowest BCUT2D eigenvalue weighted by Crippen LogP contribution is -2.10. The molecule has 2 aromatic rings. The van der Waals surface area contributed by atoms with Crippen molar-refractivity contribution in [1.82, 2.24) is 14.8 Å². The molecule has 1 aliphatic rings. The van der Waals surface area contributed by atoms with Crippen molar-refractivity contribution in [1.29, 1.82) is 0 Å². The van der Waals surface area contributed by atoms with Gasteiger partial charge < -0.3 is 15.8 Å². The number of benzene rings is 1. The van der Waals surface area contributed by atoms with Crippen LogP contribution in [0.4, 0.5) is 5.69 Å². The minimum absolute atomic E-state index is 0.0542. The Hall–Kier alpha value is -2.41. The second-order valence-electron chi connectivity index (χ2n) is 4.54. The molecule has 3 N–H and O–H groups in total. The summed E-state index contributed by atoms with van der Waals surface area (Å²) < 4.78 is 7.19. The van der Waals surface area contributed by atoms with E-state index in [4.69, 9.17) is 10.5 Å². The number of nitrogens with one attached hydrogen (secondary N) is 1. The van der Waals surface area contributed by atoms with Crippen molar-refractivity contribution < 1.29 is 9.53 Å². The van der Waals surface area contributed by atoms with E-state index in [0.717, 1.165) is 5.56 Å². The second-order valence-corrected chi connectivity index (χ2v) is 4.54. The molecular weight excluding hydrogens is 258 g/mol. The predicted octanol–water partition coefficient (Wildman–Crippen LogP) is 0.662. The molecule has 0 aliphatic carbocycles. The Balaban J connectivity index is 2.03. The average Bonchev–Trinajstić information content (AvgIpc) is 2.71. The number of hydrogen-bond donors (Lipinski definition) is 2. The van der Waals surface area contributed by atoms with Gasteiger partial charge in [0.05, 0.1) is 25.3 Å². The van der Waals surface area contributed by atoms with Gasteiger partial charge in [-0.2, -0.15) is 5.10 Å². The van der Waals surface area contributed by atoms with Crippen LogP contribution < -0.4 is 15.8 Å². The van der Waals surface area contributed by atoms with Crippen LogP contribution in [0.5, 0.6) is 5.75 Å². The largest absolute Gasteiger partial charge is 0.491 e. The Morgan fingerprint density at radius 2 is 2.35 bits per heavy atom. The molecular formula is C13H15N5O2. The van der Waals surface area contributed by atoms with Crippen LogP contribution in [0.2, 0.25) is 0 Å². The lowest BCUT2D eigenvalue weighted by molar-refractivity contribution is -0.116. The van der Waals surface area contributed by atoms with Gasteiger partial charge in [0, 0.05) is 12.6 Å². The highest BCUT2D eigenvalue weighted by atomic mass is 16.5. The molecule has 1 aromatic carbocycles. The minimum atomic E-state index is -0.0542. The van der Waals surface area contributed by atoms with E-state index in [0.29, 0.717) is 42.7 Å². The molecule has 3 rings (SSSR count). The first kappa shape index (κ1) is 12.6. The lowest BCUT2D eigenvalue weighted by atomic mass is 10.1. The molecule has 7 nitrogen and oxygen atoms in total. The maximum absolute atomic E-state index is 11.6. The van der Waals surface area contributed by atoms with E-state index < -0.39 is 0 Å². The summed E-state index contributed by atoms with van der Waals surface area (Å²) in [6.07, 6.45) is 0.352. The van der Waals surface area contributed by atoms with Gasteiger partial charge in [0.15, 0.2) is 11.6 Å². The summed E-state index contributed by atoms with van der Waals surface area (Å²) in [7, 11) is 1.81. The number of amides is 1. The van der Waals surface area contributed by atoms with Gasteiger partial charge in [-0.25, -0.2) is 9.67 Å². The van der Waals surface area contributed by atoms with Crippen LogP contribution in [0.1, 0.15) is 12.2 Å². The summed E-state index contributed by atoms with van der Waals surface area (Å²) in [4.78, 5) is 15.9. The molecule has 0 saturated heterocycles. The number of hydrogen-bond acceptors (Lipinski definition) is 5. The Bertz CT molecular complexity index is 665. The van der Waals surface area contributed by atoms with E-state index in [9.17, 15) is 4.79 Å². The van der Waals surface area contributed by atoms with Gasteiger partial charge in [0.25, 0.3) is 0 Å². The summed E-state index contributed by atoms with van der Waals surface area (Å²) in [6, 6.07) is 5.55. The number of anilines is 1. The van der Waals surface area contributed by atoms with Crippen molar-refractivity contribution in [3.8, 4) is 17.1 Å². The second kappa shape index (κ2) is 4.93. The fourth-order valence-corrected chi connectivity index (χ4v) is 2.13. The Labute approximate surface area is 115 Å². The number of nitrogens with two attached hydrogens (primary N) is 1. The van der Waals surface area contributed by atoms with E-state index >= 15 is 0 Å². The number of nitrogens with zero attached hydrogens (tertiary/aromatic N) is 3. The molecule has 1 amide bonds. The average molecular weight is 273 g/mol. The van der Waals surface area contributed by atoms with Gasteiger partial charge in [-0.3, -0.25) is 4.79 Å². The zero-order chi connectivity index (χ0) is 14.1. The molecule has 20 heavy (non-hydrogen) atoms. The quantitative estimate of drug-likeness (QED) is 0.838. The maximum atomic E-state index is 11.6. The third-order valence-electron chi connectivity index (χ3n) is 3.09. The summed E-state index contributed by atoms with van der Waals surface area (Å²) in [5.41, 5.74) is 7.05. The molecule has 0 unspecified atom stereocenters. The van der Waals surface area contributed by atoms with Crippen LogP contribution in [-0.2, 0) is 18.4 Å². The van der Waals surface area contributed by atoms with Crippen LogP contribution in [-0.4, -0.2) is 27.3 Å². The number of rotatable bonds is 2. The number of ether oxygens (including phenoxy) is 1.